The Hall–Kier alpha value is -2.64. The van der Waals surface area contributed by atoms with Gasteiger partial charge < -0.3 is 13.9 Å². The molecule has 0 amide bonds. The molecule has 0 aliphatic carbocycles. The lowest BCUT2D eigenvalue weighted by Gasteiger charge is -2.32. The van der Waals surface area contributed by atoms with Crippen LogP contribution in [0.15, 0.2) is 41.1 Å². The highest BCUT2D eigenvalue weighted by molar-refractivity contribution is 5.34. The molecule has 0 spiro atoms. The first-order valence-electron chi connectivity index (χ1n) is 9.11. The summed E-state index contributed by atoms with van der Waals surface area (Å²) in [5, 5.41) is 4.55. The summed E-state index contributed by atoms with van der Waals surface area (Å²) in [6, 6.07) is 7.72. The van der Waals surface area contributed by atoms with Crippen LogP contribution in [0.2, 0.25) is 0 Å². The van der Waals surface area contributed by atoms with E-state index in [1.165, 1.54) is 0 Å². The molecule has 0 aromatic carbocycles. The fourth-order valence-electron chi connectivity index (χ4n) is 3.38. The predicted molar refractivity (Wildman–Crippen MR) is 99.7 cm³/mol. The highest BCUT2D eigenvalue weighted by Crippen LogP contribution is 2.30. The molecular formula is C20H24N4O3. The summed E-state index contributed by atoms with van der Waals surface area (Å²) in [5.74, 6) is 3.23. The Morgan fingerprint density at radius 2 is 2.15 bits per heavy atom. The van der Waals surface area contributed by atoms with Crippen molar-refractivity contribution >= 4 is 0 Å². The third kappa shape index (κ3) is 3.89. The van der Waals surface area contributed by atoms with E-state index in [1.54, 1.807) is 17.1 Å². The normalized spacial score (nSPS) is 18.0. The van der Waals surface area contributed by atoms with Crippen LogP contribution in [0, 0.1) is 13.8 Å². The van der Waals surface area contributed by atoms with Gasteiger partial charge in [-0.1, -0.05) is 0 Å². The smallest absolute Gasteiger partial charge is 0.222 e. The van der Waals surface area contributed by atoms with E-state index in [-0.39, 0.29) is 6.10 Å². The van der Waals surface area contributed by atoms with E-state index < -0.39 is 0 Å². The SMILES string of the molecule is Cc1ccc(C2CN(Cc3c(C)nn(C)c3Oc3cccnc3)CCO2)o1. The molecular weight excluding hydrogens is 344 g/mol. The molecule has 1 atom stereocenters. The van der Waals surface area contributed by atoms with Crippen LogP contribution in [0.5, 0.6) is 11.6 Å². The molecule has 1 fully saturated rings. The van der Waals surface area contributed by atoms with Crippen molar-refractivity contribution in [3.05, 3.63) is 59.4 Å². The Kier molecular flexibility index (Phi) is 4.96. The van der Waals surface area contributed by atoms with Gasteiger partial charge in [-0.2, -0.15) is 5.10 Å². The van der Waals surface area contributed by atoms with Gasteiger partial charge >= 0.3 is 0 Å². The standard InChI is InChI=1S/C20H24N4O3/c1-14-6-7-18(26-14)19-13-24(9-10-25-19)12-17-15(2)22-23(3)20(17)27-16-5-4-8-21-11-16/h4-8,11,19H,9-10,12-13H2,1-3H3. The highest BCUT2D eigenvalue weighted by Gasteiger charge is 2.27. The summed E-state index contributed by atoms with van der Waals surface area (Å²) in [4.78, 5) is 6.47. The van der Waals surface area contributed by atoms with Gasteiger partial charge in [0, 0.05) is 32.9 Å². The van der Waals surface area contributed by atoms with Gasteiger partial charge in [-0.25, -0.2) is 4.68 Å². The minimum Gasteiger partial charge on any atom is -0.464 e. The lowest BCUT2D eigenvalue weighted by atomic mass is 10.2. The van der Waals surface area contributed by atoms with Gasteiger partial charge in [-0.15, -0.1) is 0 Å². The van der Waals surface area contributed by atoms with Crippen molar-refractivity contribution in [2.24, 2.45) is 7.05 Å². The molecule has 3 aromatic heterocycles. The number of pyridine rings is 1. The summed E-state index contributed by atoms with van der Waals surface area (Å²) in [7, 11) is 1.90. The summed E-state index contributed by atoms with van der Waals surface area (Å²) in [5.41, 5.74) is 2.05. The van der Waals surface area contributed by atoms with Crippen molar-refractivity contribution < 1.29 is 13.9 Å². The van der Waals surface area contributed by atoms with Crippen LogP contribution >= 0.6 is 0 Å². The number of furan rings is 1. The van der Waals surface area contributed by atoms with Gasteiger partial charge in [-0.3, -0.25) is 9.88 Å². The van der Waals surface area contributed by atoms with Crippen LogP contribution < -0.4 is 4.74 Å². The van der Waals surface area contributed by atoms with E-state index in [2.05, 4.69) is 15.0 Å². The first-order valence-corrected chi connectivity index (χ1v) is 9.11. The van der Waals surface area contributed by atoms with Gasteiger partial charge in [0.2, 0.25) is 5.88 Å². The van der Waals surface area contributed by atoms with Crippen molar-refractivity contribution in [1.29, 1.82) is 0 Å². The van der Waals surface area contributed by atoms with Gasteiger partial charge in [0.1, 0.15) is 23.4 Å². The van der Waals surface area contributed by atoms with E-state index in [9.17, 15) is 0 Å². The monoisotopic (exact) mass is 368 g/mol. The second-order valence-corrected chi connectivity index (χ2v) is 6.83. The summed E-state index contributed by atoms with van der Waals surface area (Å²) < 4.78 is 19.5. The predicted octanol–water partition coefficient (Wildman–Crippen LogP) is 3.39. The average molecular weight is 368 g/mol. The number of aromatic nitrogens is 3. The van der Waals surface area contributed by atoms with Gasteiger partial charge in [0.25, 0.3) is 0 Å². The number of rotatable bonds is 5. The Morgan fingerprint density at radius 3 is 2.89 bits per heavy atom. The van der Waals surface area contributed by atoms with Crippen LogP contribution in [0.3, 0.4) is 0 Å². The van der Waals surface area contributed by atoms with Gasteiger partial charge in [0.05, 0.1) is 24.1 Å². The number of morpholine rings is 1. The maximum Gasteiger partial charge on any atom is 0.222 e. The molecule has 4 rings (SSSR count). The van der Waals surface area contributed by atoms with Crippen LogP contribution in [0.1, 0.15) is 28.9 Å². The minimum atomic E-state index is -0.0490. The highest BCUT2D eigenvalue weighted by atomic mass is 16.5. The zero-order chi connectivity index (χ0) is 18.8. The zero-order valence-corrected chi connectivity index (χ0v) is 15.9. The molecule has 142 valence electrons. The third-order valence-electron chi connectivity index (χ3n) is 4.75. The summed E-state index contributed by atoms with van der Waals surface area (Å²) >= 11 is 0. The van der Waals surface area contributed by atoms with Crippen LogP contribution in [0.4, 0.5) is 0 Å². The molecule has 27 heavy (non-hydrogen) atoms. The largest absolute Gasteiger partial charge is 0.464 e. The number of nitrogens with zero attached hydrogens (tertiary/aromatic N) is 4. The van der Waals surface area contributed by atoms with Crippen molar-refractivity contribution in [1.82, 2.24) is 19.7 Å². The van der Waals surface area contributed by atoms with Crippen LogP contribution in [-0.2, 0) is 18.3 Å². The van der Waals surface area contributed by atoms with Gasteiger partial charge in [0.15, 0.2) is 0 Å². The molecule has 1 saturated heterocycles. The lowest BCUT2D eigenvalue weighted by Crippen LogP contribution is -2.37. The molecule has 1 aliphatic rings. The Labute approximate surface area is 158 Å². The number of ether oxygens (including phenoxy) is 2. The summed E-state index contributed by atoms with van der Waals surface area (Å²) in [6.07, 6.45) is 3.38. The molecule has 0 bridgehead atoms. The number of hydrogen-bond donors (Lipinski definition) is 0. The van der Waals surface area contributed by atoms with Crippen molar-refractivity contribution in [3.63, 3.8) is 0 Å². The molecule has 0 radical (unpaired) electrons. The first kappa shape index (κ1) is 17.8. The summed E-state index contributed by atoms with van der Waals surface area (Å²) in [6.45, 7) is 7.01. The maximum atomic E-state index is 6.08. The van der Waals surface area contributed by atoms with E-state index in [4.69, 9.17) is 13.9 Å². The fourth-order valence-corrected chi connectivity index (χ4v) is 3.38. The van der Waals surface area contributed by atoms with Crippen molar-refractivity contribution in [2.75, 3.05) is 19.7 Å². The van der Waals surface area contributed by atoms with Crippen molar-refractivity contribution in [3.8, 4) is 11.6 Å². The van der Waals surface area contributed by atoms with E-state index in [0.29, 0.717) is 12.4 Å². The van der Waals surface area contributed by atoms with E-state index >= 15 is 0 Å². The van der Waals surface area contributed by atoms with Crippen molar-refractivity contribution in [2.45, 2.75) is 26.5 Å². The van der Waals surface area contributed by atoms with Crippen LogP contribution in [0.25, 0.3) is 0 Å². The molecule has 1 unspecified atom stereocenters. The maximum absolute atomic E-state index is 6.08. The molecule has 0 N–H and O–H groups in total. The second-order valence-electron chi connectivity index (χ2n) is 6.83. The molecule has 0 saturated carbocycles. The molecule has 7 heteroatoms. The number of hydrogen-bond acceptors (Lipinski definition) is 6. The molecule has 3 aromatic rings. The van der Waals surface area contributed by atoms with E-state index in [0.717, 1.165) is 48.3 Å². The zero-order valence-electron chi connectivity index (χ0n) is 15.9. The Bertz CT molecular complexity index is 903. The minimum absolute atomic E-state index is 0.0490. The first-order chi connectivity index (χ1) is 13.1. The second kappa shape index (κ2) is 7.54. The lowest BCUT2D eigenvalue weighted by molar-refractivity contribution is -0.0432. The molecule has 1 aliphatic heterocycles. The fraction of sp³-hybridized carbons (Fsp3) is 0.400. The molecule has 7 nitrogen and oxygen atoms in total. The number of aryl methyl sites for hydroxylation is 3. The Morgan fingerprint density at radius 1 is 1.26 bits per heavy atom. The third-order valence-corrected chi connectivity index (χ3v) is 4.75. The van der Waals surface area contributed by atoms with Gasteiger partial charge in [-0.05, 0) is 38.1 Å². The van der Waals surface area contributed by atoms with E-state index in [1.807, 2.05) is 45.2 Å². The average Bonchev–Trinajstić information content (AvgIpc) is 3.21. The molecule has 4 heterocycles. The van der Waals surface area contributed by atoms with Crippen LogP contribution in [-0.4, -0.2) is 39.4 Å². The topological polar surface area (TPSA) is 65.6 Å². The quantitative estimate of drug-likeness (QED) is 0.688. The Balaban J connectivity index is 1.52.